The standard InChI is InChI=1S/C33H35N5O5S/c1-20-18-24(43-23-7-3-2-4-8-23)9-10-25(20)38-26-11-14-34-31-27(26)28(36-33(38)41)29(44-31)30(39)35-22-6-5-15-37(19-22)32(40)21-12-16-42-17-13-21/h2-4,7-11,14,18,21-22,28-29H,5-6,12-13,15-17,19H2,1H3,(H,35,39)(H,36,41)/t22?,28?,29-/m1/s1. The number of aromatic nitrogens is 1. The number of aryl methyl sites for hydroxylation is 1. The number of piperidine rings is 1. The Morgan fingerprint density at radius 1 is 1.05 bits per heavy atom. The van der Waals surface area contributed by atoms with Gasteiger partial charge in [-0.2, -0.15) is 0 Å². The predicted octanol–water partition coefficient (Wildman–Crippen LogP) is 5.09. The molecule has 3 aromatic rings. The number of carbonyl (C=O) groups is 3. The molecule has 44 heavy (non-hydrogen) atoms. The zero-order valence-electron chi connectivity index (χ0n) is 24.5. The Kier molecular flexibility index (Phi) is 7.90. The second-order valence-corrected chi connectivity index (χ2v) is 12.9. The molecule has 0 saturated carbocycles. The number of ether oxygens (including phenoxy) is 2. The molecule has 2 N–H and O–H groups in total. The van der Waals surface area contributed by atoms with Crippen LogP contribution in [-0.2, 0) is 14.3 Å². The topological polar surface area (TPSA) is 113 Å². The fourth-order valence-corrected chi connectivity index (χ4v) is 7.85. The summed E-state index contributed by atoms with van der Waals surface area (Å²) in [4.78, 5) is 48.6. The van der Waals surface area contributed by atoms with Crippen LogP contribution in [0.1, 0.15) is 42.9 Å². The average molecular weight is 614 g/mol. The molecule has 3 atom stereocenters. The smallest absolute Gasteiger partial charge is 0.327 e. The molecule has 11 heteroatoms. The van der Waals surface area contributed by atoms with Crippen molar-refractivity contribution in [1.82, 2.24) is 20.5 Å². The van der Waals surface area contributed by atoms with E-state index >= 15 is 0 Å². The molecular weight excluding hydrogens is 578 g/mol. The first-order valence-corrected chi connectivity index (χ1v) is 16.1. The summed E-state index contributed by atoms with van der Waals surface area (Å²) in [7, 11) is 0. The minimum atomic E-state index is -0.561. The van der Waals surface area contributed by atoms with Crippen molar-refractivity contribution in [1.29, 1.82) is 0 Å². The molecule has 4 aliphatic heterocycles. The van der Waals surface area contributed by atoms with E-state index in [2.05, 4.69) is 15.6 Å². The van der Waals surface area contributed by atoms with Gasteiger partial charge in [0.1, 0.15) is 21.8 Å². The van der Waals surface area contributed by atoms with Crippen LogP contribution in [0.25, 0.3) is 0 Å². The molecule has 5 heterocycles. The predicted molar refractivity (Wildman–Crippen MR) is 166 cm³/mol. The number of hydrogen-bond acceptors (Lipinski definition) is 7. The van der Waals surface area contributed by atoms with Crippen LogP contribution in [0.5, 0.6) is 11.5 Å². The summed E-state index contributed by atoms with van der Waals surface area (Å²) >= 11 is 1.38. The first-order chi connectivity index (χ1) is 21.5. The molecule has 0 aliphatic carbocycles. The lowest BCUT2D eigenvalue weighted by atomic mass is 9.96. The average Bonchev–Trinajstić information content (AvgIpc) is 3.42. The van der Waals surface area contributed by atoms with Crippen LogP contribution in [0.2, 0.25) is 0 Å². The number of benzene rings is 2. The lowest BCUT2D eigenvalue weighted by Crippen LogP contribution is -2.54. The van der Waals surface area contributed by atoms with E-state index in [0.717, 1.165) is 59.0 Å². The number of likely N-dealkylation sites (tertiary alicyclic amines) is 1. The van der Waals surface area contributed by atoms with Gasteiger partial charge in [-0.25, -0.2) is 9.78 Å². The third-order valence-electron chi connectivity index (χ3n) is 8.80. The number of nitrogens with zero attached hydrogens (tertiary/aromatic N) is 3. The van der Waals surface area contributed by atoms with Gasteiger partial charge >= 0.3 is 6.03 Å². The second kappa shape index (κ2) is 12.1. The van der Waals surface area contributed by atoms with E-state index in [1.807, 2.05) is 66.4 Å². The van der Waals surface area contributed by atoms with Gasteiger partial charge in [0, 0.05) is 50.0 Å². The Labute approximate surface area is 260 Å². The number of nitrogens with one attached hydrogen (secondary N) is 2. The van der Waals surface area contributed by atoms with Gasteiger partial charge in [0.2, 0.25) is 11.8 Å². The van der Waals surface area contributed by atoms with Crippen molar-refractivity contribution in [2.75, 3.05) is 31.2 Å². The van der Waals surface area contributed by atoms with Crippen molar-refractivity contribution >= 4 is 41.0 Å². The highest BCUT2D eigenvalue weighted by Gasteiger charge is 2.47. The first kappa shape index (κ1) is 28.7. The number of hydrogen-bond donors (Lipinski definition) is 2. The Balaban J connectivity index is 1.07. The van der Waals surface area contributed by atoms with Gasteiger partial charge in [-0.3, -0.25) is 14.5 Å². The van der Waals surface area contributed by atoms with Crippen LogP contribution < -0.4 is 20.3 Å². The van der Waals surface area contributed by atoms with Gasteiger partial charge in [0.05, 0.1) is 17.4 Å². The van der Waals surface area contributed by atoms with Crippen molar-refractivity contribution in [2.45, 2.75) is 55.0 Å². The number of rotatable bonds is 6. The van der Waals surface area contributed by atoms with Gasteiger partial charge < -0.3 is 25.0 Å². The Bertz CT molecular complexity index is 1580. The van der Waals surface area contributed by atoms with Crippen LogP contribution in [0.15, 0.2) is 65.8 Å². The molecule has 2 aromatic carbocycles. The Morgan fingerprint density at radius 3 is 2.66 bits per heavy atom. The van der Waals surface area contributed by atoms with Gasteiger partial charge in [0.15, 0.2) is 0 Å². The molecule has 4 aliphatic rings. The third kappa shape index (κ3) is 5.50. The van der Waals surface area contributed by atoms with Crippen molar-refractivity contribution in [2.24, 2.45) is 5.92 Å². The molecule has 2 fully saturated rings. The van der Waals surface area contributed by atoms with Crippen molar-refractivity contribution in [3.63, 3.8) is 0 Å². The quantitative estimate of drug-likeness (QED) is 0.398. The summed E-state index contributed by atoms with van der Waals surface area (Å²) in [6, 6.07) is 16.1. The maximum Gasteiger partial charge on any atom is 0.327 e. The second-order valence-electron chi connectivity index (χ2n) is 11.7. The molecule has 0 spiro atoms. The van der Waals surface area contributed by atoms with E-state index in [0.29, 0.717) is 32.1 Å². The zero-order valence-corrected chi connectivity index (χ0v) is 25.3. The summed E-state index contributed by atoms with van der Waals surface area (Å²) in [5, 5.41) is 6.47. The van der Waals surface area contributed by atoms with E-state index in [-0.39, 0.29) is 29.8 Å². The maximum atomic E-state index is 13.7. The van der Waals surface area contributed by atoms with Crippen LogP contribution in [0.4, 0.5) is 16.2 Å². The highest BCUT2D eigenvalue weighted by Crippen LogP contribution is 2.51. The van der Waals surface area contributed by atoms with E-state index in [1.165, 1.54) is 11.8 Å². The Morgan fingerprint density at radius 2 is 1.86 bits per heavy atom. The lowest BCUT2D eigenvalue weighted by molar-refractivity contribution is -0.140. The Hall–Kier alpha value is -4.09. The summed E-state index contributed by atoms with van der Waals surface area (Å²) < 4.78 is 11.4. The lowest BCUT2D eigenvalue weighted by Gasteiger charge is -2.37. The molecular formula is C33H35N5O5S. The maximum absolute atomic E-state index is 13.7. The monoisotopic (exact) mass is 613 g/mol. The fourth-order valence-electron chi connectivity index (χ4n) is 6.61. The van der Waals surface area contributed by atoms with Crippen LogP contribution >= 0.6 is 11.8 Å². The normalized spacial score (nSPS) is 23.1. The molecule has 2 saturated heterocycles. The van der Waals surface area contributed by atoms with E-state index < -0.39 is 11.3 Å². The zero-order chi connectivity index (χ0) is 30.2. The minimum absolute atomic E-state index is 0.000733. The summed E-state index contributed by atoms with van der Waals surface area (Å²) in [6.45, 7) is 4.41. The van der Waals surface area contributed by atoms with E-state index in [4.69, 9.17) is 9.47 Å². The molecule has 0 radical (unpaired) electrons. The minimum Gasteiger partial charge on any atom is -0.457 e. The largest absolute Gasteiger partial charge is 0.457 e. The SMILES string of the molecule is Cc1cc(Oc2ccccc2)ccc1N1C(=O)NC2c3c1ccnc3S[C@H]2C(=O)NC1CCCN(C(=O)C2CCOCC2)C1. The van der Waals surface area contributed by atoms with Crippen LogP contribution in [0.3, 0.4) is 0 Å². The molecule has 4 amide bonds. The first-order valence-electron chi connectivity index (χ1n) is 15.2. The number of para-hydroxylation sites is 1. The number of anilines is 2. The van der Waals surface area contributed by atoms with Gasteiger partial charge in [-0.1, -0.05) is 30.0 Å². The van der Waals surface area contributed by atoms with Gasteiger partial charge in [0.25, 0.3) is 0 Å². The summed E-state index contributed by atoms with van der Waals surface area (Å²) in [5.74, 6) is 1.42. The highest BCUT2D eigenvalue weighted by molar-refractivity contribution is 8.01. The van der Waals surface area contributed by atoms with Crippen molar-refractivity contribution in [3.8, 4) is 11.5 Å². The number of urea groups is 1. The molecule has 7 rings (SSSR count). The number of thioether (sulfide) groups is 1. The van der Waals surface area contributed by atoms with Crippen LogP contribution in [0, 0.1) is 12.8 Å². The number of amides is 4. The number of pyridine rings is 1. The molecule has 2 unspecified atom stereocenters. The van der Waals surface area contributed by atoms with Gasteiger partial charge in [-0.15, -0.1) is 0 Å². The fraction of sp³-hybridized carbons (Fsp3) is 0.394. The number of carbonyl (C=O) groups excluding carboxylic acids is 3. The molecule has 0 bridgehead atoms. The van der Waals surface area contributed by atoms with Crippen molar-refractivity contribution < 1.29 is 23.9 Å². The molecule has 10 nitrogen and oxygen atoms in total. The molecule has 1 aromatic heterocycles. The van der Waals surface area contributed by atoms with E-state index in [1.54, 1.807) is 11.1 Å². The third-order valence-corrected chi connectivity index (χ3v) is 10.1. The van der Waals surface area contributed by atoms with Gasteiger partial charge in [-0.05, 0) is 74.6 Å². The van der Waals surface area contributed by atoms with E-state index in [9.17, 15) is 14.4 Å². The molecule has 228 valence electrons. The summed E-state index contributed by atoms with van der Waals surface area (Å²) in [5.41, 5.74) is 3.16. The van der Waals surface area contributed by atoms with Crippen molar-refractivity contribution in [3.05, 3.63) is 71.9 Å². The summed E-state index contributed by atoms with van der Waals surface area (Å²) in [6.07, 6.45) is 4.84. The highest BCUT2D eigenvalue weighted by atomic mass is 32.2. The van der Waals surface area contributed by atoms with Crippen LogP contribution in [-0.4, -0.2) is 65.3 Å².